The van der Waals surface area contributed by atoms with Crippen LogP contribution in [0.3, 0.4) is 0 Å². The maximum atomic E-state index is 12.1. The first-order valence-corrected chi connectivity index (χ1v) is 7.53. The highest BCUT2D eigenvalue weighted by Gasteiger charge is 2.22. The van der Waals surface area contributed by atoms with Gasteiger partial charge in [0, 0.05) is 11.1 Å². The van der Waals surface area contributed by atoms with Crippen LogP contribution in [0.25, 0.3) is 0 Å². The Morgan fingerprint density at radius 3 is 2.44 bits per heavy atom. The van der Waals surface area contributed by atoms with Gasteiger partial charge in [-0.15, -0.1) is 0 Å². The van der Waals surface area contributed by atoms with Crippen molar-refractivity contribution in [3.63, 3.8) is 0 Å². The zero-order valence-corrected chi connectivity index (χ0v) is 12.2. The molecule has 1 atom stereocenters. The van der Waals surface area contributed by atoms with Gasteiger partial charge in [-0.25, -0.2) is 13.1 Å². The molecule has 0 aliphatic rings. The third-order valence-electron chi connectivity index (χ3n) is 2.75. The van der Waals surface area contributed by atoms with Crippen LogP contribution in [0.4, 0.5) is 0 Å². The Labute approximate surface area is 113 Å². The van der Waals surface area contributed by atoms with Gasteiger partial charge in [-0.2, -0.15) is 0 Å². The monoisotopic (exact) mass is 291 g/mol. The molecule has 2 N–H and O–H groups in total. The van der Waals surface area contributed by atoms with Crippen molar-refractivity contribution in [2.75, 3.05) is 6.61 Å². The van der Waals surface area contributed by atoms with Crippen molar-refractivity contribution >= 4 is 21.6 Å². The minimum absolute atomic E-state index is 0.0122. The van der Waals surface area contributed by atoms with Gasteiger partial charge >= 0.3 is 0 Å². The van der Waals surface area contributed by atoms with Crippen LogP contribution in [0.2, 0.25) is 5.02 Å². The normalized spacial score (nSPS) is 13.9. The summed E-state index contributed by atoms with van der Waals surface area (Å²) in [5.41, 5.74) is 0.699. The van der Waals surface area contributed by atoms with Gasteiger partial charge < -0.3 is 5.11 Å². The van der Waals surface area contributed by atoms with Gasteiger partial charge in [-0.1, -0.05) is 25.4 Å². The summed E-state index contributed by atoms with van der Waals surface area (Å²) in [5.74, 6) is 0.0122. The Kier molecular flexibility index (Phi) is 5.16. The lowest BCUT2D eigenvalue weighted by Gasteiger charge is -2.20. The number of benzene rings is 1. The van der Waals surface area contributed by atoms with Crippen LogP contribution in [-0.4, -0.2) is 26.2 Å². The van der Waals surface area contributed by atoms with Gasteiger partial charge in [-0.05, 0) is 36.6 Å². The van der Waals surface area contributed by atoms with Crippen LogP contribution in [0.15, 0.2) is 23.1 Å². The second-order valence-electron chi connectivity index (χ2n) is 4.57. The molecule has 0 unspecified atom stereocenters. The lowest BCUT2D eigenvalue weighted by atomic mass is 10.1. The Bertz CT molecular complexity index is 514. The van der Waals surface area contributed by atoms with Crippen LogP contribution in [0, 0.1) is 12.8 Å². The smallest absolute Gasteiger partial charge is 0.240 e. The average Bonchev–Trinajstić information content (AvgIpc) is 2.29. The van der Waals surface area contributed by atoms with E-state index in [-0.39, 0.29) is 17.4 Å². The standard InChI is InChI=1S/C12H18ClNO3S/c1-8(2)12(7-15)14-18(16,17)10-4-5-11(13)9(3)6-10/h4-6,8,12,14-15H,7H2,1-3H3/t12-/m1/s1. The molecule has 0 aromatic heterocycles. The fourth-order valence-corrected chi connectivity index (χ4v) is 3.01. The van der Waals surface area contributed by atoms with Crippen molar-refractivity contribution in [2.24, 2.45) is 5.92 Å². The number of hydrogen-bond donors (Lipinski definition) is 2. The molecule has 102 valence electrons. The van der Waals surface area contributed by atoms with E-state index >= 15 is 0 Å². The molecule has 0 saturated carbocycles. The number of rotatable bonds is 5. The van der Waals surface area contributed by atoms with Gasteiger partial charge in [0.1, 0.15) is 0 Å². The summed E-state index contributed by atoms with van der Waals surface area (Å²) in [5, 5.41) is 9.68. The maximum absolute atomic E-state index is 12.1. The molecule has 18 heavy (non-hydrogen) atoms. The maximum Gasteiger partial charge on any atom is 0.240 e. The first-order chi connectivity index (χ1) is 8.27. The number of aliphatic hydroxyl groups excluding tert-OH is 1. The Morgan fingerprint density at radius 1 is 1.39 bits per heavy atom. The van der Waals surface area contributed by atoms with E-state index in [4.69, 9.17) is 16.7 Å². The molecule has 0 radical (unpaired) electrons. The number of halogens is 1. The molecule has 0 aliphatic heterocycles. The molecule has 0 amide bonds. The molecule has 1 rings (SSSR count). The number of hydrogen-bond acceptors (Lipinski definition) is 3. The van der Waals surface area contributed by atoms with Crippen LogP contribution in [0.1, 0.15) is 19.4 Å². The highest BCUT2D eigenvalue weighted by molar-refractivity contribution is 7.89. The number of aliphatic hydroxyl groups is 1. The molecule has 0 bridgehead atoms. The molecule has 0 aliphatic carbocycles. The zero-order valence-electron chi connectivity index (χ0n) is 10.6. The van der Waals surface area contributed by atoms with Crippen molar-refractivity contribution in [2.45, 2.75) is 31.7 Å². The average molecular weight is 292 g/mol. The number of aryl methyl sites for hydroxylation is 1. The Balaban J connectivity index is 3.02. The lowest BCUT2D eigenvalue weighted by molar-refractivity contribution is 0.227. The van der Waals surface area contributed by atoms with E-state index in [1.54, 1.807) is 13.0 Å². The molecule has 1 aromatic carbocycles. The van der Waals surface area contributed by atoms with E-state index in [2.05, 4.69) is 4.72 Å². The summed E-state index contributed by atoms with van der Waals surface area (Å²) in [6, 6.07) is 4.02. The molecule has 0 spiro atoms. The van der Waals surface area contributed by atoms with Crippen molar-refractivity contribution in [3.8, 4) is 0 Å². The molecule has 4 nitrogen and oxygen atoms in total. The molecule has 1 aromatic rings. The van der Waals surface area contributed by atoms with Crippen molar-refractivity contribution in [1.82, 2.24) is 4.72 Å². The minimum atomic E-state index is -3.62. The van der Waals surface area contributed by atoms with Gasteiger partial charge in [-0.3, -0.25) is 0 Å². The minimum Gasteiger partial charge on any atom is -0.395 e. The number of sulfonamides is 1. The quantitative estimate of drug-likeness (QED) is 0.871. The first kappa shape index (κ1) is 15.4. The zero-order chi connectivity index (χ0) is 13.9. The SMILES string of the molecule is Cc1cc(S(=O)(=O)N[C@H](CO)C(C)C)ccc1Cl. The lowest BCUT2D eigenvalue weighted by Crippen LogP contribution is -2.41. The molecular formula is C12H18ClNO3S. The second-order valence-corrected chi connectivity index (χ2v) is 6.69. The second kappa shape index (κ2) is 6.02. The highest BCUT2D eigenvalue weighted by Crippen LogP contribution is 2.20. The summed E-state index contributed by atoms with van der Waals surface area (Å²) < 4.78 is 26.7. The van der Waals surface area contributed by atoms with Gasteiger partial charge in [0.25, 0.3) is 0 Å². The third kappa shape index (κ3) is 3.68. The summed E-state index contributed by atoms with van der Waals surface area (Å²) in [6.45, 7) is 5.20. The largest absolute Gasteiger partial charge is 0.395 e. The van der Waals surface area contributed by atoms with Crippen LogP contribution in [-0.2, 0) is 10.0 Å². The highest BCUT2D eigenvalue weighted by atomic mass is 35.5. The van der Waals surface area contributed by atoms with Gasteiger partial charge in [0.05, 0.1) is 11.5 Å². The van der Waals surface area contributed by atoms with E-state index in [1.165, 1.54) is 12.1 Å². The van der Waals surface area contributed by atoms with Crippen LogP contribution < -0.4 is 4.72 Å². The predicted octanol–water partition coefficient (Wildman–Crippen LogP) is 1.94. The number of nitrogens with one attached hydrogen (secondary N) is 1. The predicted molar refractivity (Wildman–Crippen MR) is 72.2 cm³/mol. The summed E-state index contributed by atoms with van der Waals surface area (Å²) in [6.07, 6.45) is 0. The van der Waals surface area contributed by atoms with E-state index < -0.39 is 16.1 Å². The molecule has 0 saturated heterocycles. The van der Waals surface area contributed by atoms with E-state index in [1.807, 2.05) is 13.8 Å². The molecule has 0 heterocycles. The topological polar surface area (TPSA) is 66.4 Å². The van der Waals surface area contributed by atoms with Crippen molar-refractivity contribution < 1.29 is 13.5 Å². The van der Waals surface area contributed by atoms with Crippen LogP contribution in [0.5, 0.6) is 0 Å². The molecular weight excluding hydrogens is 274 g/mol. The van der Waals surface area contributed by atoms with Crippen molar-refractivity contribution in [1.29, 1.82) is 0 Å². The molecule has 0 fully saturated rings. The van der Waals surface area contributed by atoms with Crippen LogP contribution >= 0.6 is 11.6 Å². The van der Waals surface area contributed by atoms with E-state index in [0.717, 1.165) is 0 Å². The first-order valence-electron chi connectivity index (χ1n) is 5.67. The molecule has 6 heteroatoms. The van der Waals surface area contributed by atoms with Gasteiger partial charge in [0.15, 0.2) is 0 Å². The van der Waals surface area contributed by atoms with E-state index in [9.17, 15) is 8.42 Å². The summed E-state index contributed by atoms with van der Waals surface area (Å²) >= 11 is 5.86. The van der Waals surface area contributed by atoms with Crippen molar-refractivity contribution in [3.05, 3.63) is 28.8 Å². The van der Waals surface area contributed by atoms with E-state index in [0.29, 0.717) is 10.6 Å². The Hall–Kier alpha value is -0.620. The van der Waals surface area contributed by atoms with Gasteiger partial charge in [0.2, 0.25) is 10.0 Å². The summed E-state index contributed by atoms with van der Waals surface area (Å²) in [7, 11) is -3.62. The fraction of sp³-hybridized carbons (Fsp3) is 0.500. The fourth-order valence-electron chi connectivity index (χ4n) is 1.44. The summed E-state index contributed by atoms with van der Waals surface area (Å²) in [4.78, 5) is 0.156. The third-order valence-corrected chi connectivity index (χ3v) is 4.66. The Morgan fingerprint density at radius 2 is 2.00 bits per heavy atom.